The lowest BCUT2D eigenvalue weighted by atomic mass is 10.1. The maximum atomic E-state index is 12.2. The van der Waals surface area contributed by atoms with Crippen LogP contribution in [0.3, 0.4) is 0 Å². The zero-order valence-electron chi connectivity index (χ0n) is 15.2. The van der Waals surface area contributed by atoms with Gasteiger partial charge in [-0.25, -0.2) is 9.78 Å². The first-order valence-electron chi connectivity index (χ1n) is 8.37. The van der Waals surface area contributed by atoms with Gasteiger partial charge in [0.2, 0.25) is 5.95 Å². The van der Waals surface area contributed by atoms with Crippen LogP contribution < -0.4 is 21.3 Å². The number of carbonyl (C=O) groups is 1. The number of nitrogens with one attached hydrogen (secondary N) is 4. The molecule has 0 spiro atoms. The lowest BCUT2D eigenvalue weighted by molar-refractivity contribution is 0.262. The smallest absolute Gasteiger partial charge is 0.326 e. The lowest BCUT2D eigenvalue weighted by Gasteiger charge is -2.11. The van der Waals surface area contributed by atoms with Gasteiger partial charge < -0.3 is 16.0 Å². The third-order valence-corrected chi connectivity index (χ3v) is 3.75. The van der Waals surface area contributed by atoms with Gasteiger partial charge >= 0.3 is 6.03 Å². The Bertz CT molecular complexity index is 732. The van der Waals surface area contributed by atoms with Crippen molar-refractivity contribution in [3.63, 3.8) is 0 Å². The number of rotatable bonds is 7. The molecule has 7 nitrogen and oxygen atoms in total. The average Bonchev–Trinajstić information content (AvgIpc) is 2.54. The molecule has 0 fully saturated rings. The number of urea groups is 1. The zero-order chi connectivity index (χ0) is 18.2. The van der Waals surface area contributed by atoms with Gasteiger partial charge in [-0.2, -0.15) is 4.98 Å². The molecule has 2 rings (SSSR count). The molecule has 0 saturated carbocycles. The van der Waals surface area contributed by atoms with E-state index in [9.17, 15) is 4.79 Å². The summed E-state index contributed by atoms with van der Waals surface area (Å²) in [6.45, 7) is 7.64. The zero-order valence-corrected chi connectivity index (χ0v) is 15.2. The van der Waals surface area contributed by atoms with Gasteiger partial charge in [-0.05, 0) is 64.0 Å². The topological polar surface area (TPSA) is 91.0 Å². The van der Waals surface area contributed by atoms with Crippen LogP contribution in [-0.2, 0) is 0 Å². The number of aromatic nitrogens is 2. The van der Waals surface area contributed by atoms with Crippen LogP contribution in [0.15, 0.2) is 24.3 Å². The number of carbonyl (C=O) groups excluding carboxylic acids is 1. The summed E-state index contributed by atoms with van der Waals surface area (Å²) in [7, 11) is 1.92. The fraction of sp³-hybridized carbons (Fsp3) is 0.389. The van der Waals surface area contributed by atoms with E-state index in [0.717, 1.165) is 36.5 Å². The summed E-state index contributed by atoms with van der Waals surface area (Å²) < 4.78 is 0. The normalized spacial score (nSPS) is 10.4. The molecule has 0 radical (unpaired) electrons. The highest BCUT2D eigenvalue weighted by Crippen LogP contribution is 2.15. The van der Waals surface area contributed by atoms with E-state index in [0.29, 0.717) is 5.82 Å². The highest BCUT2D eigenvalue weighted by Gasteiger charge is 2.08. The quantitative estimate of drug-likeness (QED) is 0.581. The summed E-state index contributed by atoms with van der Waals surface area (Å²) in [5, 5.41) is 11.8. The van der Waals surface area contributed by atoms with E-state index < -0.39 is 0 Å². The molecule has 25 heavy (non-hydrogen) atoms. The summed E-state index contributed by atoms with van der Waals surface area (Å²) in [6.07, 6.45) is 0.982. The first-order valence-corrected chi connectivity index (χ1v) is 8.37. The second-order valence-corrected chi connectivity index (χ2v) is 5.98. The van der Waals surface area contributed by atoms with Crippen LogP contribution >= 0.6 is 0 Å². The number of nitrogens with zero attached hydrogens (tertiary/aromatic N) is 2. The third kappa shape index (κ3) is 6.04. The molecule has 0 bridgehead atoms. The summed E-state index contributed by atoms with van der Waals surface area (Å²) in [4.78, 5) is 20.8. The summed E-state index contributed by atoms with van der Waals surface area (Å²) in [6, 6.07) is 7.26. The largest absolute Gasteiger partial charge is 0.370 e. The molecule has 134 valence electrons. The van der Waals surface area contributed by atoms with Crippen LogP contribution in [0.4, 0.5) is 22.2 Å². The maximum Gasteiger partial charge on any atom is 0.326 e. The molecule has 0 aliphatic rings. The highest BCUT2D eigenvalue weighted by molar-refractivity contribution is 5.98. The van der Waals surface area contributed by atoms with Crippen molar-refractivity contribution in [1.82, 2.24) is 15.3 Å². The molecule has 0 atom stereocenters. The van der Waals surface area contributed by atoms with Crippen LogP contribution in [0.25, 0.3) is 0 Å². The SMILES string of the molecule is CNCCCNc1cc(C)nc(NC(=O)Nc2ccc(C)c(C)c2)n1. The Kier molecular flexibility index (Phi) is 6.71. The van der Waals surface area contributed by atoms with Gasteiger partial charge in [0.1, 0.15) is 5.82 Å². The minimum atomic E-state index is -0.366. The van der Waals surface area contributed by atoms with Gasteiger partial charge in [0.25, 0.3) is 0 Å². The molecule has 0 unspecified atom stereocenters. The van der Waals surface area contributed by atoms with Gasteiger partial charge in [-0.15, -0.1) is 0 Å². The molecular formula is C18H26N6O. The van der Waals surface area contributed by atoms with E-state index >= 15 is 0 Å². The summed E-state index contributed by atoms with van der Waals surface area (Å²) in [5.41, 5.74) is 3.82. The number of benzene rings is 1. The molecule has 2 amide bonds. The number of anilines is 3. The van der Waals surface area contributed by atoms with Crippen molar-refractivity contribution < 1.29 is 4.79 Å². The van der Waals surface area contributed by atoms with Crippen LogP contribution in [0.5, 0.6) is 0 Å². The van der Waals surface area contributed by atoms with E-state index in [1.54, 1.807) is 0 Å². The van der Waals surface area contributed by atoms with Gasteiger partial charge in [0, 0.05) is 24.0 Å². The number of hydrogen-bond donors (Lipinski definition) is 4. The number of hydrogen-bond acceptors (Lipinski definition) is 5. The molecule has 0 aliphatic carbocycles. The molecular weight excluding hydrogens is 316 g/mol. The predicted molar refractivity (Wildman–Crippen MR) is 102 cm³/mol. The second kappa shape index (κ2) is 8.98. The second-order valence-electron chi connectivity index (χ2n) is 5.98. The van der Waals surface area contributed by atoms with Crippen molar-refractivity contribution in [2.45, 2.75) is 27.2 Å². The first kappa shape index (κ1) is 18.7. The Hall–Kier alpha value is -2.67. The Labute approximate surface area is 148 Å². The fourth-order valence-corrected chi connectivity index (χ4v) is 2.28. The van der Waals surface area contributed by atoms with Crippen LogP contribution in [0, 0.1) is 20.8 Å². The lowest BCUT2D eigenvalue weighted by Crippen LogP contribution is -2.21. The fourth-order valence-electron chi connectivity index (χ4n) is 2.28. The van der Waals surface area contributed by atoms with Crippen molar-refractivity contribution in [2.24, 2.45) is 0 Å². The standard InChI is InChI=1S/C18H26N6O/c1-12-6-7-15(10-13(12)2)22-18(25)24-17-21-14(3)11-16(23-17)20-9-5-8-19-4/h6-7,10-11,19H,5,8-9H2,1-4H3,(H3,20,21,22,23,24,25). The van der Waals surface area contributed by atoms with Gasteiger partial charge in [-0.3, -0.25) is 5.32 Å². The van der Waals surface area contributed by atoms with Crippen molar-refractivity contribution in [1.29, 1.82) is 0 Å². The molecule has 4 N–H and O–H groups in total. The van der Waals surface area contributed by atoms with Crippen LogP contribution in [0.1, 0.15) is 23.2 Å². The van der Waals surface area contributed by atoms with Crippen molar-refractivity contribution >= 4 is 23.5 Å². The van der Waals surface area contributed by atoms with Crippen molar-refractivity contribution in [3.8, 4) is 0 Å². The van der Waals surface area contributed by atoms with E-state index in [1.807, 2.05) is 52.1 Å². The van der Waals surface area contributed by atoms with Crippen molar-refractivity contribution in [2.75, 3.05) is 36.1 Å². The van der Waals surface area contributed by atoms with Crippen LogP contribution in [-0.4, -0.2) is 36.1 Å². The van der Waals surface area contributed by atoms with Gasteiger partial charge in [0.15, 0.2) is 0 Å². The Morgan fingerprint density at radius 2 is 1.80 bits per heavy atom. The Morgan fingerprint density at radius 3 is 2.52 bits per heavy atom. The monoisotopic (exact) mass is 342 g/mol. The molecule has 2 aromatic rings. The molecule has 0 saturated heterocycles. The van der Waals surface area contributed by atoms with Crippen LogP contribution in [0.2, 0.25) is 0 Å². The molecule has 1 aromatic heterocycles. The van der Waals surface area contributed by atoms with Gasteiger partial charge in [-0.1, -0.05) is 6.07 Å². The Morgan fingerprint density at radius 1 is 1.00 bits per heavy atom. The minimum Gasteiger partial charge on any atom is -0.370 e. The van der Waals surface area contributed by atoms with E-state index in [1.165, 1.54) is 5.56 Å². The number of amides is 2. The molecule has 1 heterocycles. The van der Waals surface area contributed by atoms with E-state index in [2.05, 4.69) is 31.2 Å². The molecule has 7 heteroatoms. The maximum absolute atomic E-state index is 12.2. The highest BCUT2D eigenvalue weighted by atomic mass is 16.2. The number of aryl methyl sites for hydroxylation is 3. The Balaban J connectivity index is 1.97. The van der Waals surface area contributed by atoms with Crippen molar-refractivity contribution in [3.05, 3.63) is 41.1 Å². The average molecular weight is 342 g/mol. The molecule has 0 aliphatic heterocycles. The summed E-state index contributed by atoms with van der Waals surface area (Å²) in [5.74, 6) is 0.975. The summed E-state index contributed by atoms with van der Waals surface area (Å²) >= 11 is 0. The van der Waals surface area contributed by atoms with E-state index in [-0.39, 0.29) is 12.0 Å². The third-order valence-electron chi connectivity index (χ3n) is 3.75. The molecule has 1 aromatic carbocycles. The first-order chi connectivity index (χ1) is 12.0. The predicted octanol–water partition coefficient (Wildman–Crippen LogP) is 3.07. The van der Waals surface area contributed by atoms with Gasteiger partial charge in [0.05, 0.1) is 0 Å². The minimum absolute atomic E-state index is 0.275. The van der Waals surface area contributed by atoms with E-state index in [4.69, 9.17) is 0 Å².